The molecule has 1 aliphatic rings. The maximum absolute atomic E-state index is 12.6. The van der Waals surface area contributed by atoms with E-state index in [9.17, 15) is 14.4 Å². The molecule has 2 rings (SSSR count). The summed E-state index contributed by atoms with van der Waals surface area (Å²) in [4.78, 5) is 38.3. The standard InChI is InChI=1S/C18H24N2O4/c1-18(2,3)17(23)20-10-6-9-14(20)15(21)19-13-8-5-7-12(11-13)16(22)24-4/h5,7-8,11,14H,6,9-10H2,1-4H3,(H,19,21)/t14-/m0/s1. The number of hydrogen-bond donors (Lipinski definition) is 1. The van der Waals surface area contributed by atoms with Crippen molar-refractivity contribution < 1.29 is 19.1 Å². The number of rotatable bonds is 3. The van der Waals surface area contributed by atoms with Gasteiger partial charge >= 0.3 is 5.97 Å². The van der Waals surface area contributed by atoms with Crippen LogP contribution in [0.15, 0.2) is 24.3 Å². The van der Waals surface area contributed by atoms with Crippen LogP contribution in [0.5, 0.6) is 0 Å². The Bertz CT molecular complexity index is 649. The quantitative estimate of drug-likeness (QED) is 0.863. The van der Waals surface area contributed by atoms with Crippen LogP contribution in [-0.2, 0) is 14.3 Å². The second-order valence-electron chi connectivity index (χ2n) is 6.97. The molecule has 0 radical (unpaired) electrons. The molecule has 2 amide bonds. The Hall–Kier alpha value is -2.37. The summed E-state index contributed by atoms with van der Waals surface area (Å²) in [5.74, 6) is -0.716. The molecule has 1 saturated heterocycles. The molecule has 1 aromatic rings. The van der Waals surface area contributed by atoms with Crippen LogP contribution in [0.3, 0.4) is 0 Å². The van der Waals surface area contributed by atoms with E-state index in [1.807, 2.05) is 20.8 Å². The molecule has 0 spiro atoms. The van der Waals surface area contributed by atoms with E-state index in [0.717, 1.165) is 6.42 Å². The van der Waals surface area contributed by atoms with E-state index in [0.29, 0.717) is 24.2 Å². The summed E-state index contributed by atoms with van der Waals surface area (Å²) < 4.78 is 4.68. The van der Waals surface area contributed by atoms with Gasteiger partial charge in [0.05, 0.1) is 12.7 Å². The minimum absolute atomic E-state index is 0.0246. The number of carbonyl (C=O) groups excluding carboxylic acids is 3. The molecule has 6 nitrogen and oxygen atoms in total. The van der Waals surface area contributed by atoms with Crippen LogP contribution in [0, 0.1) is 5.41 Å². The highest BCUT2D eigenvalue weighted by Crippen LogP contribution is 2.26. The van der Waals surface area contributed by atoms with E-state index in [1.165, 1.54) is 7.11 Å². The zero-order valence-corrected chi connectivity index (χ0v) is 14.6. The zero-order valence-electron chi connectivity index (χ0n) is 14.6. The molecule has 1 fully saturated rings. The summed E-state index contributed by atoms with van der Waals surface area (Å²) in [7, 11) is 1.31. The Balaban J connectivity index is 2.12. The third kappa shape index (κ3) is 3.93. The third-order valence-corrected chi connectivity index (χ3v) is 4.01. The molecular weight excluding hydrogens is 308 g/mol. The minimum atomic E-state index is -0.520. The van der Waals surface area contributed by atoms with Gasteiger partial charge < -0.3 is 15.0 Å². The molecule has 1 atom stereocenters. The number of likely N-dealkylation sites (tertiary alicyclic amines) is 1. The van der Waals surface area contributed by atoms with Crippen LogP contribution in [-0.4, -0.2) is 42.4 Å². The average Bonchev–Trinajstić information content (AvgIpc) is 3.02. The molecule has 1 aliphatic heterocycles. The van der Waals surface area contributed by atoms with Gasteiger partial charge in [0.2, 0.25) is 11.8 Å². The number of methoxy groups -OCH3 is 1. The largest absolute Gasteiger partial charge is 0.465 e. The number of amides is 2. The predicted molar refractivity (Wildman–Crippen MR) is 90.6 cm³/mol. The molecule has 1 N–H and O–H groups in total. The van der Waals surface area contributed by atoms with Gasteiger partial charge in [-0.3, -0.25) is 9.59 Å². The second kappa shape index (κ2) is 7.03. The SMILES string of the molecule is COC(=O)c1cccc(NC(=O)[C@@H]2CCCN2C(=O)C(C)(C)C)c1. The van der Waals surface area contributed by atoms with Gasteiger partial charge in [-0.05, 0) is 31.0 Å². The molecule has 0 saturated carbocycles. The molecular formula is C18H24N2O4. The van der Waals surface area contributed by atoms with Gasteiger partial charge in [0.15, 0.2) is 0 Å². The number of carbonyl (C=O) groups is 3. The number of ether oxygens (including phenoxy) is 1. The molecule has 0 aliphatic carbocycles. The summed E-state index contributed by atoms with van der Waals surface area (Å²) in [5.41, 5.74) is 0.357. The highest BCUT2D eigenvalue weighted by Gasteiger charge is 2.38. The van der Waals surface area contributed by atoms with Crippen molar-refractivity contribution in [2.75, 3.05) is 19.0 Å². The van der Waals surface area contributed by atoms with Gasteiger partial charge in [-0.25, -0.2) is 4.79 Å². The predicted octanol–water partition coefficient (Wildman–Crippen LogP) is 2.45. The average molecular weight is 332 g/mol. The molecule has 1 aromatic carbocycles. The first kappa shape index (κ1) is 18.0. The van der Waals surface area contributed by atoms with Gasteiger partial charge in [-0.2, -0.15) is 0 Å². The number of esters is 1. The second-order valence-corrected chi connectivity index (χ2v) is 6.97. The fraction of sp³-hybridized carbons (Fsp3) is 0.500. The highest BCUT2D eigenvalue weighted by atomic mass is 16.5. The van der Waals surface area contributed by atoms with Crippen LogP contribution in [0.4, 0.5) is 5.69 Å². The minimum Gasteiger partial charge on any atom is -0.465 e. The monoisotopic (exact) mass is 332 g/mol. The molecule has 130 valence electrons. The maximum Gasteiger partial charge on any atom is 0.337 e. The first-order valence-corrected chi connectivity index (χ1v) is 8.04. The zero-order chi connectivity index (χ0) is 17.9. The van der Waals surface area contributed by atoms with Gasteiger partial charge in [0.1, 0.15) is 6.04 Å². The van der Waals surface area contributed by atoms with Gasteiger partial charge in [-0.15, -0.1) is 0 Å². The van der Waals surface area contributed by atoms with E-state index in [-0.39, 0.29) is 11.8 Å². The van der Waals surface area contributed by atoms with Crippen molar-refractivity contribution in [1.82, 2.24) is 4.90 Å². The first-order valence-electron chi connectivity index (χ1n) is 8.04. The van der Waals surface area contributed by atoms with Crippen LogP contribution < -0.4 is 5.32 Å². The molecule has 24 heavy (non-hydrogen) atoms. The lowest BCUT2D eigenvalue weighted by Gasteiger charge is -2.30. The van der Waals surface area contributed by atoms with Crippen LogP contribution in [0.2, 0.25) is 0 Å². The Kier molecular flexibility index (Phi) is 5.26. The van der Waals surface area contributed by atoms with Crippen molar-refractivity contribution in [3.63, 3.8) is 0 Å². The van der Waals surface area contributed by atoms with Crippen molar-refractivity contribution in [2.24, 2.45) is 5.41 Å². The summed E-state index contributed by atoms with van der Waals surface area (Å²) in [6.45, 7) is 6.14. The van der Waals surface area contributed by atoms with Gasteiger partial charge in [0, 0.05) is 17.6 Å². The van der Waals surface area contributed by atoms with Crippen LogP contribution >= 0.6 is 0 Å². The molecule has 1 heterocycles. The van der Waals surface area contributed by atoms with Crippen LogP contribution in [0.25, 0.3) is 0 Å². The third-order valence-electron chi connectivity index (χ3n) is 4.01. The Morgan fingerprint density at radius 1 is 1.25 bits per heavy atom. The number of anilines is 1. The maximum atomic E-state index is 12.6. The Labute approximate surface area is 142 Å². The number of nitrogens with one attached hydrogen (secondary N) is 1. The van der Waals surface area contributed by atoms with Crippen molar-refractivity contribution in [1.29, 1.82) is 0 Å². The molecule has 0 unspecified atom stereocenters. The number of benzene rings is 1. The summed E-state index contributed by atoms with van der Waals surface area (Å²) in [6.07, 6.45) is 1.45. The van der Waals surface area contributed by atoms with Crippen molar-refractivity contribution in [2.45, 2.75) is 39.7 Å². The highest BCUT2D eigenvalue weighted by molar-refractivity contribution is 5.99. The van der Waals surface area contributed by atoms with Crippen LogP contribution in [0.1, 0.15) is 44.0 Å². The summed E-state index contributed by atoms with van der Waals surface area (Å²) in [5, 5.41) is 2.80. The lowest BCUT2D eigenvalue weighted by atomic mass is 9.94. The van der Waals surface area contributed by atoms with Crippen molar-refractivity contribution in [3.05, 3.63) is 29.8 Å². The van der Waals surface area contributed by atoms with E-state index in [1.54, 1.807) is 29.2 Å². The van der Waals surface area contributed by atoms with Crippen molar-refractivity contribution >= 4 is 23.5 Å². The van der Waals surface area contributed by atoms with Crippen molar-refractivity contribution in [3.8, 4) is 0 Å². The fourth-order valence-corrected chi connectivity index (χ4v) is 2.78. The summed E-state index contributed by atoms with van der Waals surface area (Å²) in [6, 6.07) is 6.09. The smallest absolute Gasteiger partial charge is 0.337 e. The van der Waals surface area contributed by atoms with E-state index < -0.39 is 17.4 Å². The molecule has 6 heteroatoms. The summed E-state index contributed by atoms with van der Waals surface area (Å²) >= 11 is 0. The normalized spacial score (nSPS) is 17.5. The van der Waals surface area contributed by atoms with E-state index in [4.69, 9.17) is 0 Å². The van der Waals surface area contributed by atoms with E-state index in [2.05, 4.69) is 10.1 Å². The first-order chi connectivity index (χ1) is 11.2. The topological polar surface area (TPSA) is 75.7 Å². The molecule has 0 bridgehead atoms. The van der Waals surface area contributed by atoms with Gasteiger partial charge in [0.25, 0.3) is 0 Å². The van der Waals surface area contributed by atoms with Gasteiger partial charge in [-0.1, -0.05) is 26.8 Å². The molecule has 0 aromatic heterocycles. The Morgan fingerprint density at radius 2 is 1.96 bits per heavy atom. The van der Waals surface area contributed by atoms with E-state index >= 15 is 0 Å². The lowest BCUT2D eigenvalue weighted by Crippen LogP contribution is -2.47. The Morgan fingerprint density at radius 3 is 2.58 bits per heavy atom. The fourth-order valence-electron chi connectivity index (χ4n) is 2.78. The lowest BCUT2D eigenvalue weighted by molar-refractivity contribution is -0.143. The number of nitrogens with zero attached hydrogens (tertiary/aromatic N) is 1. The number of hydrogen-bond acceptors (Lipinski definition) is 4.